The number of hydrogen-bond acceptors (Lipinski definition) is 1. The molecule has 0 saturated carbocycles. The van der Waals surface area contributed by atoms with Crippen molar-refractivity contribution in [3.05, 3.63) is 48.2 Å². The molecule has 0 spiro atoms. The van der Waals surface area contributed by atoms with E-state index < -0.39 is 0 Å². The van der Waals surface area contributed by atoms with Crippen LogP contribution in [0, 0.1) is 0 Å². The van der Waals surface area contributed by atoms with Crippen LogP contribution in [0.5, 0.6) is 0 Å². The van der Waals surface area contributed by atoms with Gasteiger partial charge in [-0.2, -0.15) is 0 Å². The first-order valence-corrected chi connectivity index (χ1v) is 5.79. The lowest BCUT2D eigenvalue weighted by molar-refractivity contribution is 0.409. The fourth-order valence-corrected chi connectivity index (χ4v) is 2.27. The highest BCUT2D eigenvalue weighted by molar-refractivity contribution is 5.21. The number of allylic oxidation sites excluding steroid dienone is 1. The molecule has 0 radical (unpaired) electrons. The average Bonchev–Trinajstić information content (AvgIpc) is 2.78. The minimum atomic E-state index is 0.703. The van der Waals surface area contributed by atoms with Crippen LogP contribution >= 0.6 is 0 Å². The van der Waals surface area contributed by atoms with Gasteiger partial charge in [0.1, 0.15) is 0 Å². The van der Waals surface area contributed by atoms with Gasteiger partial charge in [0.2, 0.25) is 0 Å². The molecule has 15 heavy (non-hydrogen) atoms. The second-order valence-electron chi connectivity index (χ2n) is 4.26. The van der Waals surface area contributed by atoms with E-state index in [4.69, 9.17) is 0 Å². The van der Waals surface area contributed by atoms with Gasteiger partial charge in [0.05, 0.1) is 0 Å². The van der Waals surface area contributed by atoms with Crippen molar-refractivity contribution in [3.8, 4) is 0 Å². The maximum absolute atomic E-state index is 4.11. The van der Waals surface area contributed by atoms with E-state index in [0.717, 1.165) is 13.0 Å². The second-order valence-corrected chi connectivity index (χ2v) is 4.26. The van der Waals surface area contributed by atoms with Crippen LogP contribution in [0.2, 0.25) is 0 Å². The molecule has 1 aromatic rings. The van der Waals surface area contributed by atoms with E-state index in [2.05, 4.69) is 48.7 Å². The number of nitrogens with zero attached hydrogens (tertiary/aromatic N) is 1. The van der Waals surface area contributed by atoms with Gasteiger partial charge in [-0.15, -0.1) is 0 Å². The Balaban J connectivity index is 2.02. The molecule has 1 heterocycles. The highest BCUT2D eigenvalue weighted by Crippen LogP contribution is 2.29. The zero-order valence-electron chi connectivity index (χ0n) is 9.45. The lowest BCUT2D eigenvalue weighted by Crippen LogP contribution is -2.18. The smallest absolute Gasteiger partial charge is 0.0244 e. The molecule has 1 unspecified atom stereocenters. The Labute approximate surface area is 92.4 Å². The van der Waals surface area contributed by atoms with Crippen molar-refractivity contribution in [2.75, 3.05) is 13.1 Å². The number of rotatable bonds is 3. The summed E-state index contributed by atoms with van der Waals surface area (Å²) in [5.74, 6) is 0.703. The summed E-state index contributed by atoms with van der Waals surface area (Å²) >= 11 is 0. The monoisotopic (exact) mass is 201 g/mol. The van der Waals surface area contributed by atoms with Gasteiger partial charge in [0.15, 0.2) is 0 Å². The third kappa shape index (κ3) is 2.23. The van der Waals surface area contributed by atoms with Gasteiger partial charge < -0.3 is 4.90 Å². The maximum Gasteiger partial charge on any atom is 0.0244 e. The van der Waals surface area contributed by atoms with Crippen molar-refractivity contribution >= 4 is 0 Å². The van der Waals surface area contributed by atoms with Crippen LogP contribution in [0.3, 0.4) is 0 Å². The summed E-state index contributed by atoms with van der Waals surface area (Å²) in [7, 11) is 0. The van der Waals surface area contributed by atoms with E-state index in [9.17, 15) is 0 Å². The topological polar surface area (TPSA) is 3.24 Å². The van der Waals surface area contributed by atoms with Crippen molar-refractivity contribution in [1.82, 2.24) is 4.90 Å². The molecule has 1 heteroatoms. The SMILES string of the molecule is C=C(CC)N1CCC(c2ccccc2)C1. The predicted molar refractivity (Wildman–Crippen MR) is 64.8 cm³/mol. The van der Waals surface area contributed by atoms with Gasteiger partial charge in [-0.3, -0.25) is 0 Å². The van der Waals surface area contributed by atoms with Gasteiger partial charge in [0, 0.05) is 24.7 Å². The van der Waals surface area contributed by atoms with Gasteiger partial charge in [0.25, 0.3) is 0 Å². The Morgan fingerprint density at radius 2 is 2.13 bits per heavy atom. The molecule has 1 aliphatic heterocycles. The molecule has 1 nitrogen and oxygen atoms in total. The maximum atomic E-state index is 4.11. The van der Waals surface area contributed by atoms with Gasteiger partial charge in [-0.25, -0.2) is 0 Å². The molecule has 1 aliphatic rings. The largest absolute Gasteiger partial charge is 0.375 e. The van der Waals surface area contributed by atoms with Crippen molar-refractivity contribution in [2.45, 2.75) is 25.7 Å². The molecule has 0 bridgehead atoms. The molecule has 0 aliphatic carbocycles. The van der Waals surface area contributed by atoms with E-state index in [1.165, 1.54) is 24.2 Å². The molecule has 80 valence electrons. The van der Waals surface area contributed by atoms with E-state index in [-0.39, 0.29) is 0 Å². The summed E-state index contributed by atoms with van der Waals surface area (Å²) in [4.78, 5) is 2.43. The molecule has 0 amide bonds. The summed E-state index contributed by atoms with van der Waals surface area (Å²) in [6.07, 6.45) is 2.34. The number of benzene rings is 1. The van der Waals surface area contributed by atoms with Crippen LogP contribution in [0.25, 0.3) is 0 Å². The van der Waals surface area contributed by atoms with Gasteiger partial charge in [-0.05, 0) is 18.4 Å². The van der Waals surface area contributed by atoms with Gasteiger partial charge >= 0.3 is 0 Å². The summed E-state index contributed by atoms with van der Waals surface area (Å²) in [5.41, 5.74) is 2.76. The first-order valence-electron chi connectivity index (χ1n) is 5.79. The van der Waals surface area contributed by atoms with Crippen molar-refractivity contribution in [3.63, 3.8) is 0 Å². The molecule has 1 atom stereocenters. The van der Waals surface area contributed by atoms with E-state index in [1.54, 1.807) is 0 Å². The standard InChI is InChI=1S/C14H19N/c1-3-12(2)15-10-9-14(11-15)13-7-5-4-6-8-13/h4-8,14H,2-3,9-11H2,1H3. The lowest BCUT2D eigenvalue weighted by Gasteiger charge is -2.20. The third-order valence-electron chi connectivity index (χ3n) is 3.31. The first kappa shape index (κ1) is 10.3. The molecule has 1 saturated heterocycles. The minimum absolute atomic E-state index is 0.703. The lowest BCUT2D eigenvalue weighted by atomic mass is 9.99. The Morgan fingerprint density at radius 1 is 1.40 bits per heavy atom. The second kappa shape index (κ2) is 4.52. The van der Waals surface area contributed by atoms with Crippen LogP contribution in [0.15, 0.2) is 42.6 Å². The number of hydrogen-bond donors (Lipinski definition) is 0. The average molecular weight is 201 g/mol. The quantitative estimate of drug-likeness (QED) is 0.724. The van der Waals surface area contributed by atoms with E-state index >= 15 is 0 Å². The zero-order valence-corrected chi connectivity index (χ0v) is 9.45. The van der Waals surface area contributed by atoms with Crippen LogP contribution in [-0.2, 0) is 0 Å². The normalized spacial score (nSPS) is 20.6. The predicted octanol–water partition coefficient (Wildman–Crippen LogP) is 3.40. The molecule has 0 aromatic heterocycles. The van der Waals surface area contributed by atoms with Crippen molar-refractivity contribution in [2.24, 2.45) is 0 Å². The summed E-state index contributed by atoms with van der Waals surface area (Å²) in [6, 6.07) is 10.8. The van der Waals surface area contributed by atoms with Crippen molar-refractivity contribution in [1.29, 1.82) is 0 Å². The molecular formula is C14H19N. The third-order valence-corrected chi connectivity index (χ3v) is 3.31. The Kier molecular flexibility index (Phi) is 3.10. The summed E-state index contributed by atoms with van der Waals surface area (Å²) in [5, 5.41) is 0. The Hall–Kier alpha value is -1.24. The van der Waals surface area contributed by atoms with E-state index in [1.807, 2.05) is 0 Å². The molecule has 1 aromatic carbocycles. The van der Waals surface area contributed by atoms with Crippen LogP contribution in [-0.4, -0.2) is 18.0 Å². The Morgan fingerprint density at radius 3 is 2.80 bits per heavy atom. The van der Waals surface area contributed by atoms with Gasteiger partial charge in [-0.1, -0.05) is 43.8 Å². The highest BCUT2D eigenvalue weighted by atomic mass is 15.2. The minimum Gasteiger partial charge on any atom is -0.375 e. The van der Waals surface area contributed by atoms with Crippen LogP contribution in [0.1, 0.15) is 31.2 Å². The van der Waals surface area contributed by atoms with E-state index in [0.29, 0.717) is 5.92 Å². The fourth-order valence-electron chi connectivity index (χ4n) is 2.27. The molecular weight excluding hydrogens is 182 g/mol. The summed E-state index contributed by atoms with van der Waals surface area (Å²) in [6.45, 7) is 8.61. The zero-order chi connectivity index (χ0) is 10.7. The molecule has 1 fully saturated rings. The van der Waals surface area contributed by atoms with Crippen molar-refractivity contribution < 1.29 is 0 Å². The summed E-state index contributed by atoms with van der Waals surface area (Å²) < 4.78 is 0. The highest BCUT2D eigenvalue weighted by Gasteiger charge is 2.23. The first-order chi connectivity index (χ1) is 7.31. The fraction of sp³-hybridized carbons (Fsp3) is 0.429. The molecule has 0 N–H and O–H groups in total. The number of likely N-dealkylation sites (tertiary alicyclic amines) is 1. The van der Waals surface area contributed by atoms with Crippen LogP contribution < -0.4 is 0 Å². The Bertz CT molecular complexity index is 328. The van der Waals surface area contributed by atoms with Crippen LogP contribution in [0.4, 0.5) is 0 Å². The molecule has 2 rings (SSSR count).